The first-order valence-corrected chi connectivity index (χ1v) is 7.96. The Kier molecular flexibility index (Phi) is 2.81. The van der Waals surface area contributed by atoms with Crippen molar-refractivity contribution in [2.75, 3.05) is 13.1 Å². The third-order valence-electron chi connectivity index (χ3n) is 5.93. The average molecular weight is 246 g/mol. The van der Waals surface area contributed by atoms with E-state index in [1.54, 1.807) is 0 Å². The van der Waals surface area contributed by atoms with E-state index in [-0.39, 0.29) is 0 Å². The normalized spacial score (nSPS) is 48.9. The molecule has 2 fully saturated rings. The molecular weight excluding hydrogens is 220 g/mol. The molecule has 0 amide bonds. The monoisotopic (exact) mass is 246 g/mol. The van der Waals surface area contributed by atoms with E-state index in [0.717, 1.165) is 24.2 Å². The lowest BCUT2D eigenvalue weighted by Crippen LogP contribution is -3.25. The van der Waals surface area contributed by atoms with E-state index < -0.39 is 0 Å². The highest BCUT2D eigenvalue weighted by Gasteiger charge is 2.41. The van der Waals surface area contributed by atoms with Gasteiger partial charge in [0.25, 0.3) is 0 Å². The molecule has 4 aliphatic rings. The number of fused-ring (bicyclic) bond motifs is 4. The van der Waals surface area contributed by atoms with E-state index in [0.29, 0.717) is 0 Å². The van der Waals surface area contributed by atoms with E-state index in [1.165, 1.54) is 51.6 Å². The molecule has 0 aromatic heterocycles. The van der Waals surface area contributed by atoms with Gasteiger partial charge < -0.3 is 9.80 Å². The Labute approximate surface area is 110 Å². The summed E-state index contributed by atoms with van der Waals surface area (Å²) in [5, 5.41) is 0. The Bertz CT molecular complexity index is 337. The summed E-state index contributed by atoms with van der Waals surface area (Å²) >= 11 is 0. The summed E-state index contributed by atoms with van der Waals surface area (Å²) < 4.78 is 0. The van der Waals surface area contributed by atoms with Crippen molar-refractivity contribution in [3.05, 3.63) is 24.3 Å². The summed E-state index contributed by atoms with van der Waals surface area (Å²) in [4.78, 5) is 3.83. The van der Waals surface area contributed by atoms with Crippen LogP contribution < -0.4 is 9.80 Å². The van der Waals surface area contributed by atoms with Crippen LogP contribution in [0.1, 0.15) is 38.5 Å². The minimum absolute atomic E-state index is 0.862. The molecule has 0 aromatic rings. The van der Waals surface area contributed by atoms with Crippen LogP contribution >= 0.6 is 0 Å². The summed E-state index contributed by atoms with van der Waals surface area (Å²) in [5.74, 6) is 0. The summed E-state index contributed by atoms with van der Waals surface area (Å²) in [5.41, 5.74) is 0. The fourth-order valence-corrected chi connectivity index (χ4v) is 4.97. The van der Waals surface area contributed by atoms with Crippen LogP contribution in [0.4, 0.5) is 0 Å². The topological polar surface area (TPSA) is 8.88 Å². The fourth-order valence-electron chi connectivity index (χ4n) is 4.97. The predicted octanol–water partition coefficient (Wildman–Crippen LogP) is -0.262. The Hall–Kier alpha value is -0.600. The lowest BCUT2D eigenvalue weighted by Gasteiger charge is -2.32. The van der Waals surface area contributed by atoms with Crippen molar-refractivity contribution in [3.8, 4) is 0 Å². The van der Waals surface area contributed by atoms with Crippen LogP contribution in [-0.4, -0.2) is 37.3 Å². The zero-order chi connectivity index (χ0) is 11.9. The maximum Gasteiger partial charge on any atom is 0.128 e. The average Bonchev–Trinajstić information content (AvgIpc) is 2.74. The van der Waals surface area contributed by atoms with Gasteiger partial charge in [-0.25, -0.2) is 0 Å². The molecule has 2 nitrogen and oxygen atoms in total. The highest BCUT2D eigenvalue weighted by Crippen LogP contribution is 2.17. The Morgan fingerprint density at radius 1 is 0.722 bits per heavy atom. The van der Waals surface area contributed by atoms with Gasteiger partial charge in [-0.3, -0.25) is 0 Å². The number of quaternary nitrogens is 2. The molecule has 4 heterocycles. The fraction of sp³-hybridized carbons (Fsp3) is 0.750. The van der Waals surface area contributed by atoms with Crippen molar-refractivity contribution in [2.45, 2.75) is 62.7 Å². The molecule has 2 N–H and O–H groups in total. The number of rotatable bonds is 3. The van der Waals surface area contributed by atoms with Gasteiger partial charge in [0.2, 0.25) is 0 Å². The van der Waals surface area contributed by atoms with Gasteiger partial charge in [0.15, 0.2) is 0 Å². The predicted molar refractivity (Wildman–Crippen MR) is 72.8 cm³/mol. The van der Waals surface area contributed by atoms with Gasteiger partial charge in [-0.05, 0) is 12.2 Å². The van der Waals surface area contributed by atoms with Gasteiger partial charge in [0, 0.05) is 38.5 Å². The highest BCUT2D eigenvalue weighted by atomic mass is 15.3. The number of hydrogen-bond donors (Lipinski definition) is 2. The van der Waals surface area contributed by atoms with Crippen molar-refractivity contribution in [2.24, 2.45) is 0 Å². The maximum atomic E-state index is 2.50. The second-order valence-electron chi connectivity index (χ2n) is 6.74. The first kappa shape index (κ1) is 11.2. The molecule has 4 bridgehead atoms. The minimum Gasteiger partial charge on any atom is -0.322 e. The molecule has 18 heavy (non-hydrogen) atoms. The van der Waals surface area contributed by atoms with Crippen molar-refractivity contribution >= 4 is 0 Å². The molecule has 2 saturated heterocycles. The zero-order valence-corrected chi connectivity index (χ0v) is 11.3. The van der Waals surface area contributed by atoms with Crippen LogP contribution in [0.2, 0.25) is 0 Å². The zero-order valence-electron chi connectivity index (χ0n) is 11.3. The third kappa shape index (κ3) is 1.78. The molecule has 2 heteroatoms. The van der Waals surface area contributed by atoms with Crippen LogP contribution in [0.3, 0.4) is 0 Å². The summed E-state index contributed by atoms with van der Waals surface area (Å²) in [6.45, 7) is 2.83. The lowest BCUT2D eigenvalue weighted by atomic mass is 10.1. The Morgan fingerprint density at radius 2 is 1.22 bits per heavy atom. The van der Waals surface area contributed by atoms with Gasteiger partial charge in [0.1, 0.15) is 25.2 Å². The standard InChI is InChI=1S/C16H24N2/c1-3-13-7-8-14(4-1)17(13)11-12-18-15-5-2-6-16(18)10-9-15/h1-3,5,13-16H,4,6-12H2/p+2/t13-,14+,15-,16+/m1/s1. The smallest absolute Gasteiger partial charge is 0.128 e. The van der Waals surface area contributed by atoms with Gasteiger partial charge >= 0.3 is 0 Å². The van der Waals surface area contributed by atoms with Crippen LogP contribution in [-0.2, 0) is 0 Å². The lowest BCUT2D eigenvalue weighted by molar-refractivity contribution is -0.986. The number of hydrogen-bond acceptors (Lipinski definition) is 0. The third-order valence-corrected chi connectivity index (χ3v) is 5.93. The van der Waals surface area contributed by atoms with E-state index in [4.69, 9.17) is 0 Å². The first-order valence-electron chi connectivity index (χ1n) is 7.96. The second kappa shape index (κ2) is 4.50. The Morgan fingerprint density at radius 3 is 1.67 bits per heavy atom. The molecule has 4 rings (SSSR count). The Balaban J connectivity index is 1.39. The van der Waals surface area contributed by atoms with Crippen LogP contribution in [0, 0.1) is 0 Å². The van der Waals surface area contributed by atoms with Gasteiger partial charge in [-0.15, -0.1) is 0 Å². The van der Waals surface area contributed by atoms with Crippen molar-refractivity contribution < 1.29 is 9.80 Å². The van der Waals surface area contributed by atoms with Gasteiger partial charge in [-0.1, -0.05) is 12.2 Å². The van der Waals surface area contributed by atoms with E-state index >= 15 is 0 Å². The quantitative estimate of drug-likeness (QED) is 0.635. The summed E-state index contributed by atoms with van der Waals surface area (Å²) in [6.07, 6.45) is 18.4. The van der Waals surface area contributed by atoms with Crippen LogP contribution in [0.5, 0.6) is 0 Å². The summed E-state index contributed by atoms with van der Waals surface area (Å²) in [7, 11) is 0. The van der Waals surface area contributed by atoms with Crippen LogP contribution in [0.25, 0.3) is 0 Å². The molecule has 4 aliphatic heterocycles. The van der Waals surface area contributed by atoms with Gasteiger partial charge in [-0.2, -0.15) is 0 Å². The molecular formula is C16H26N2+2. The largest absolute Gasteiger partial charge is 0.322 e. The molecule has 6 atom stereocenters. The highest BCUT2D eigenvalue weighted by molar-refractivity contribution is 5.00. The van der Waals surface area contributed by atoms with E-state index in [2.05, 4.69) is 24.3 Å². The maximum absolute atomic E-state index is 2.50. The SMILES string of the molecule is C1=C[C@@H]2CC[C@H](C1)[NH+]2CC[NH+]1[C@H]2CC=C[C@@H]1CC2. The minimum atomic E-state index is 0.862. The molecule has 98 valence electrons. The van der Waals surface area contributed by atoms with Crippen molar-refractivity contribution in [1.29, 1.82) is 0 Å². The molecule has 0 aliphatic carbocycles. The summed E-state index contributed by atoms with van der Waals surface area (Å²) in [6, 6.07) is 3.64. The molecule has 0 radical (unpaired) electrons. The second-order valence-corrected chi connectivity index (χ2v) is 6.74. The van der Waals surface area contributed by atoms with Gasteiger partial charge in [0.05, 0.1) is 12.1 Å². The number of nitrogens with one attached hydrogen (secondary N) is 2. The molecule has 2 unspecified atom stereocenters. The molecule has 0 spiro atoms. The molecule has 0 aromatic carbocycles. The first-order chi connectivity index (χ1) is 8.92. The van der Waals surface area contributed by atoms with Crippen molar-refractivity contribution in [3.63, 3.8) is 0 Å². The van der Waals surface area contributed by atoms with Crippen LogP contribution in [0.15, 0.2) is 24.3 Å². The molecule has 0 saturated carbocycles. The van der Waals surface area contributed by atoms with E-state index in [9.17, 15) is 0 Å². The van der Waals surface area contributed by atoms with E-state index in [1.807, 2.05) is 9.80 Å². The van der Waals surface area contributed by atoms with Crippen molar-refractivity contribution in [1.82, 2.24) is 0 Å².